The molecule has 1 heterocycles. The van der Waals surface area contributed by atoms with Gasteiger partial charge in [0.2, 0.25) is 0 Å². The van der Waals surface area contributed by atoms with E-state index < -0.39 is 0 Å². The van der Waals surface area contributed by atoms with Gasteiger partial charge in [0.15, 0.2) is 0 Å². The van der Waals surface area contributed by atoms with Crippen molar-refractivity contribution < 1.29 is 4.79 Å². The highest BCUT2D eigenvalue weighted by Crippen LogP contribution is 2.31. The van der Waals surface area contributed by atoms with Crippen molar-refractivity contribution in [3.05, 3.63) is 70.8 Å². The van der Waals surface area contributed by atoms with Crippen LogP contribution in [0.25, 0.3) is 0 Å². The predicted molar refractivity (Wildman–Crippen MR) is 76.3 cm³/mol. The fourth-order valence-corrected chi connectivity index (χ4v) is 2.60. The molecule has 0 radical (unpaired) electrons. The van der Waals surface area contributed by atoms with Crippen LogP contribution < -0.4 is 5.32 Å². The van der Waals surface area contributed by atoms with Gasteiger partial charge >= 0.3 is 0 Å². The van der Waals surface area contributed by atoms with E-state index in [9.17, 15) is 4.79 Å². The molecule has 2 nitrogen and oxygen atoms in total. The van der Waals surface area contributed by atoms with Crippen molar-refractivity contribution in [2.24, 2.45) is 0 Å². The molecule has 1 amide bonds. The van der Waals surface area contributed by atoms with E-state index in [-0.39, 0.29) is 11.9 Å². The zero-order valence-electron chi connectivity index (χ0n) is 11.2. The van der Waals surface area contributed by atoms with E-state index in [1.54, 1.807) is 0 Å². The standard InChI is InChI=1S/C17H17NO/c1-11(2)12-6-5-7-13(10-12)16-14-8-3-4-9-15(14)17(19)18-16/h3-11,16H,1-2H3,(H,18,19). The second-order valence-corrected chi connectivity index (χ2v) is 5.32. The Bertz CT molecular complexity index is 631. The molecule has 2 aromatic rings. The molecule has 1 atom stereocenters. The SMILES string of the molecule is CC(C)c1cccc(C2NC(=O)c3ccccc32)c1. The number of hydrogen-bond donors (Lipinski definition) is 1. The van der Waals surface area contributed by atoms with Crippen LogP contribution >= 0.6 is 0 Å². The number of amides is 1. The fraction of sp³-hybridized carbons (Fsp3) is 0.235. The first-order chi connectivity index (χ1) is 9.16. The second-order valence-electron chi connectivity index (χ2n) is 5.32. The smallest absolute Gasteiger partial charge is 0.252 e. The molecule has 2 aromatic carbocycles. The Hall–Kier alpha value is -2.09. The Morgan fingerprint density at radius 2 is 1.84 bits per heavy atom. The number of fused-ring (bicyclic) bond motifs is 1. The molecular weight excluding hydrogens is 234 g/mol. The minimum atomic E-state index is -0.0117. The van der Waals surface area contributed by atoms with E-state index >= 15 is 0 Å². The van der Waals surface area contributed by atoms with Crippen LogP contribution in [0.2, 0.25) is 0 Å². The third-order valence-electron chi connectivity index (χ3n) is 3.70. The maximum Gasteiger partial charge on any atom is 0.252 e. The van der Waals surface area contributed by atoms with Gasteiger partial charge in [-0.2, -0.15) is 0 Å². The van der Waals surface area contributed by atoms with Crippen LogP contribution in [0, 0.1) is 0 Å². The predicted octanol–water partition coefficient (Wildman–Crippen LogP) is 3.64. The average Bonchev–Trinajstić information content (AvgIpc) is 2.77. The summed E-state index contributed by atoms with van der Waals surface area (Å²) in [7, 11) is 0. The van der Waals surface area contributed by atoms with Crippen molar-refractivity contribution in [1.82, 2.24) is 5.32 Å². The quantitative estimate of drug-likeness (QED) is 0.867. The first-order valence-corrected chi connectivity index (χ1v) is 6.66. The topological polar surface area (TPSA) is 29.1 Å². The summed E-state index contributed by atoms with van der Waals surface area (Å²) in [5.41, 5.74) is 4.33. The average molecular weight is 251 g/mol. The number of benzene rings is 2. The Labute approximate surface area is 113 Å². The molecule has 1 N–H and O–H groups in total. The van der Waals surface area contributed by atoms with Gasteiger partial charge in [-0.25, -0.2) is 0 Å². The minimum Gasteiger partial charge on any atom is -0.341 e. The summed E-state index contributed by atoms with van der Waals surface area (Å²) in [5.74, 6) is 0.517. The van der Waals surface area contributed by atoms with Gasteiger partial charge in [-0.15, -0.1) is 0 Å². The normalized spacial score (nSPS) is 17.4. The number of rotatable bonds is 2. The lowest BCUT2D eigenvalue weighted by Crippen LogP contribution is -2.19. The Morgan fingerprint density at radius 1 is 1.05 bits per heavy atom. The lowest BCUT2D eigenvalue weighted by Gasteiger charge is -2.15. The third-order valence-corrected chi connectivity index (χ3v) is 3.70. The molecular formula is C17H17NO. The molecule has 0 aliphatic carbocycles. The summed E-state index contributed by atoms with van der Waals surface area (Å²) in [6.45, 7) is 4.36. The van der Waals surface area contributed by atoms with E-state index in [0.29, 0.717) is 5.92 Å². The summed E-state index contributed by atoms with van der Waals surface area (Å²) in [4.78, 5) is 12.0. The highest BCUT2D eigenvalue weighted by atomic mass is 16.2. The molecule has 0 bridgehead atoms. The summed E-state index contributed by atoms with van der Waals surface area (Å²) < 4.78 is 0. The first-order valence-electron chi connectivity index (χ1n) is 6.66. The van der Waals surface area contributed by atoms with Crippen LogP contribution in [0.15, 0.2) is 48.5 Å². The summed E-state index contributed by atoms with van der Waals surface area (Å²) in [5, 5.41) is 3.06. The van der Waals surface area contributed by atoms with Crippen LogP contribution in [0.1, 0.15) is 52.9 Å². The van der Waals surface area contributed by atoms with Crippen molar-refractivity contribution >= 4 is 5.91 Å². The van der Waals surface area contributed by atoms with E-state index in [4.69, 9.17) is 0 Å². The van der Waals surface area contributed by atoms with Gasteiger partial charge in [0.25, 0.3) is 5.91 Å². The zero-order valence-corrected chi connectivity index (χ0v) is 11.2. The second kappa shape index (κ2) is 4.54. The van der Waals surface area contributed by atoms with Crippen LogP contribution in [-0.2, 0) is 0 Å². The zero-order chi connectivity index (χ0) is 13.4. The maximum absolute atomic E-state index is 12.0. The summed E-state index contributed by atoms with van der Waals surface area (Å²) in [6.07, 6.45) is 0. The van der Waals surface area contributed by atoms with Crippen molar-refractivity contribution in [3.8, 4) is 0 Å². The number of carbonyl (C=O) groups is 1. The van der Waals surface area contributed by atoms with E-state index in [1.165, 1.54) is 5.56 Å². The molecule has 0 fully saturated rings. The highest BCUT2D eigenvalue weighted by Gasteiger charge is 2.29. The fourth-order valence-electron chi connectivity index (χ4n) is 2.60. The largest absolute Gasteiger partial charge is 0.341 e. The van der Waals surface area contributed by atoms with Gasteiger partial charge in [-0.1, -0.05) is 56.3 Å². The van der Waals surface area contributed by atoms with Crippen LogP contribution in [-0.4, -0.2) is 5.91 Å². The molecule has 96 valence electrons. The van der Waals surface area contributed by atoms with Gasteiger partial charge in [-0.05, 0) is 28.7 Å². The molecule has 2 heteroatoms. The van der Waals surface area contributed by atoms with Crippen LogP contribution in [0.4, 0.5) is 0 Å². The highest BCUT2D eigenvalue weighted by molar-refractivity contribution is 5.99. The first kappa shape index (κ1) is 12.0. The molecule has 1 aliphatic heterocycles. The Balaban J connectivity index is 2.05. The lowest BCUT2D eigenvalue weighted by atomic mass is 9.94. The van der Waals surface area contributed by atoms with E-state index in [2.05, 4.69) is 43.4 Å². The number of hydrogen-bond acceptors (Lipinski definition) is 1. The van der Waals surface area contributed by atoms with Gasteiger partial charge in [0.05, 0.1) is 6.04 Å². The Kier molecular flexibility index (Phi) is 2.86. The molecule has 1 aliphatic rings. The molecule has 3 rings (SSSR count). The monoisotopic (exact) mass is 251 g/mol. The van der Waals surface area contributed by atoms with Crippen molar-refractivity contribution in [3.63, 3.8) is 0 Å². The number of carbonyl (C=O) groups excluding carboxylic acids is 1. The van der Waals surface area contributed by atoms with Gasteiger partial charge < -0.3 is 5.32 Å². The van der Waals surface area contributed by atoms with Gasteiger partial charge in [0, 0.05) is 5.56 Å². The maximum atomic E-state index is 12.0. The van der Waals surface area contributed by atoms with E-state index in [0.717, 1.165) is 16.7 Å². The number of nitrogens with one attached hydrogen (secondary N) is 1. The molecule has 1 unspecified atom stereocenters. The summed E-state index contributed by atoms with van der Waals surface area (Å²) in [6, 6.07) is 16.3. The molecule has 19 heavy (non-hydrogen) atoms. The van der Waals surface area contributed by atoms with Gasteiger partial charge in [0.1, 0.15) is 0 Å². The van der Waals surface area contributed by atoms with Crippen molar-refractivity contribution in [1.29, 1.82) is 0 Å². The van der Waals surface area contributed by atoms with Gasteiger partial charge in [-0.3, -0.25) is 4.79 Å². The van der Waals surface area contributed by atoms with Crippen LogP contribution in [0.5, 0.6) is 0 Å². The molecule has 0 aromatic heterocycles. The summed E-state index contributed by atoms with van der Waals surface area (Å²) >= 11 is 0. The van der Waals surface area contributed by atoms with Crippen LogP contribution in [0.3, 0.4) is 0 Å². The Morgan fingerprint density at radius 3 is 2.63 bits per heavy atom. The third kappa shape index (κ3) is 2.03. The molecule has 0 saturated heterocycles. The molecule has 0 spiro atoms. The molecule has 0 saturated carbocycles. The lowest BCUT2D eigenvalue weighted by molar-refractivity contribution is 0.0960. The van der Waals surface area contributed by atoms with Crippen molar-refractivity contribution in [2.75, 3.05) is 0 Å². The minimum absolute atomic E-state index is 0.0117. The van der Waals surface area contributed by atoms with Crippen molar-refractivity contribution in [2.45, 2.75) is 25.8 Å². The van der Waals surface area contributed by atoms with E-state index in [1.807, 2.05) is 24.3 Å².